The third-order valence-corrected chi connectivity index (χ3v) is 5.02. The molecule has 0 aliphatic heterocycles. The highest BCUT2D eigenvalue weighted by atomic mass is 35.5. The highest BCUT2D eigenvalue weighted by Gasteiger charge is 2.17. The van der Waals surface area contributed by atoms with E-state index < -0.39 is 5.82 Å². The molecular weight excluding hydrogens is 390 g/mol. The van der Waals surface area contributed by atoms with Gasteiger partial charge >= 0.3 is 0 Å². The zero-order valence-electron chi connectivity index (χ0n) is 14.9. The van der Waals surface area contributed by atoms with Crippen LogP contribution in [0.3, 0.4) is 0 Å². The minimum atomic E-state index is -0.530. The predicted octanol–water partition coefficient (Wildman–Crippen LogP) is 5.07. The lowest BCUT2D eigenvalue weighted by Crippen LogP contribution is -2.14. The highest BCUT2D eigenvalue weighted by molar-refractivity contribution is 6.36. The Morgan fingerprint density at radius 3 is 2.56 bits per heavy atom. The van der Waals surface area contributed by atoms with Gasteiger partial charge in [0.1, 0.15) is 17.5 Å². The van der Waals surface area contributed by atoms with Gasteiger partial charge in [0.2, 0.25) is 0 Å². The normalized spacial score (nSPS) is 12.1. The van der Waals surface area contributed by atoms with Crippen LogP contribution in [0.2, 0.25) is 10.0 Å². The highest BCUT2D eigenvalue weighted by Crippen LogP contribution is 2.33. The maximum Gasteiger partial charge on any atom is 0.254 e. The molecule has 0 fully saturated rings. The molecular formula is C19H17Cl2FN4O. The number of aromatic nitrogens is 3. The van der Waals surface area contributed by atoms with E-state index in [-0.39, 0.29) is 16.6 Å². The minimum absolute atomic E-state index is 0.0176. The number of nitrogens with zero attached hydrogens (tertiary/aromatic N) is 2. The first-order chi connectivity index (χ1) is 12.8. The first-order valence-electron chi connectivity index (χ1n) is 8.21. The molecule has 1 atom stereocenters. The quantitative estimate of drug-likeness (QED) is 0.593. The van der Waals surface area contributed by atoms with E-state index in [0.717, 1.165) is 0 Å². The van der Waals surface area contributed by atoms with Gasteiger partial charge in [0.05, 0.1) is 11.1 Å². The molecule has 0 aliphatic carbocycles. The van der Waals surface area contributed by atoms with Crippen molar-refractivity contribution in [2.75, 3.05) is 5.32 Å². The number of hydrogen-bond acceptors (Lipinski definition) is 4. The van der Waals surface area contributed by atoms with Crippen molar-refractivity contribution < 1.29 is 4.39 Å². The van der Waals surface area contributed by atoms with Gasteiger partial charge in [-0.05, 0) is 45.0 Å². The Morgan fingerprint density at radius 1 is 1.19 bits per heavy atom. The smallest absolute Gasteiger partial charge is 0.254 e. The summed E-state index contributed by atoms with van der Waals surface area (Å²) in [5.74, 6) is 0.470. The zero-order valence-corrected chi connectivity index (χ0v) is 16.4. The SMILES string of the molecule is Cc1nc(-c2ccc(NC(C)c3c(Cl)ccc(F)c3Cl)nc2)[nH]c(=O)c1C. The summed E-state index contributed by atoms with van der Waals surface area (Å²) in [4.78, 5) is 23.4. The average Bonchev–Trinajstić information content (AvgIpc) is 2.63. The lowest BCUT2D eigenvalue weighted by molar-refractivity contribution is 0.624. The molecule has 5 nitrogen and oxygen atoms in total. The number of benzene rings is 1. The van der Waals surface area contributed by atoms with Gasteiger partial charge in [-0.2, -0.15) is 0 Å². The summed E-state index contributed by atoms with van der Waals surface area (Å²) in [6.45, 7) is 5.32. The van der Waals surface area contributed by atoms with Gasteiger partial charge in [-0.1, -0.05) is 23.2 Å². The summed E-state index contributed by atoms with van der Waals surface area (Å²) < 4.78 is 13.7. The van der Waals surface area contributed by atoms with Gasteiger partial charge in [-0.3, -0.25) is 4.79 Å². The summed E-state index contributed by atoms with van der Waals surface area (Å²) in [5, 5.41) is 3.49. The van der Waals surface area contributed by atoms with E-state index in [2.05, 4.69) is 20.3 Å². The third kappa shape index (κ3) is 3.96. The van der Waals surface area contributed by atoms with Gasteiger partial charge in [0, 0.05) is 33.6 Å². The molecule has 8 heteroatoms. The van der Waals surface area contributed by atoms with Gasteiger partial charge in [0.25, 0.3) is 5.56 Å². The van der Waals surface area contributed by atoms with Gasteiger partial charge < -0.3 is 10.3 Å². The average molecular weight is 407 g/mol. The first kappa shape index (κ1) is 19.3. The van der Waals surface area contributed by atoms with Crippen LogP contribution < -0.4 is 10.9 Å². The van der Waals surface area contributed by atoms with Gasteiger partial charge in [-0.25, -0.2) is 14.4 Å². The zero-order chi connectivity index (χ0) is 19.7. The van der Waals surface area contributed by atoms with Crippen molar-refractivity contribution in [2.24, 2.45) is 0 Å². The standard InChI is InChI=1S/C19H17Cl2FN4O/c1-9-10(2)25-18(26-19(9)27)12-4-7-15(23-8-12)24-11(3)16-13(20)5-6-14(22)17(16)21/h4-8,11H,1-3H3,(H,23,24)(H,25,26,27). The van der Waals surface area contributed by atoms with E-state index in [0.29, 0.717) is 39.0 Å². The van der Waals surface area contributed by atoms with Crippen LogP contribution in [-0.2, 0) is 0 Å². The molecule has 0 radical (unpaired) electrons. The van der Waals surface area contributed by atoms with Crippen LogP contribution in [0.15, 0.2) is 35.3 Å². The second-order valence-corrected chi connectivity index (χ2v) is 6.97. The Labute approximate surface area is 165 Å². The fourth-order valence-corrected chi connectivity index (χ4v) is 3.33. The van der Waals surface area contributed by atoms with E-state index in [1.807, 2.05) is 6.92 Å². The summed E-state index contributed by atoms with van der Waals surface area (Å²) in [7, 11) is 0. The second kappa shape index (κ2) is 7.66. The van der Waals surface area contributed by atoms with Crippen LogP contribution in [0, 0.1) is 19.7 Å². The molecule has 0 spiro atoms. The molecule has 0 saturated heterocycles. The van der Waals surface area contributed by atoms with E-state index in [9.17, 15) is 9.18 Å². The van der Waals surface area contributed by atoms with Crippen molar-refractivity contribution in [1.82, 2.24) is 15.0 Å². The number of rotatable bonds is 4. The number of aromatic amines is 1. The van der Waals surface area contributed by atoms with Crippen LogP contribution in [-0.4, -0.2) is 15.0 Å². The molecule has 3 rings (SSSR count). The molecule has 3 aromatic rings. The number of H-pyrrole nitrogens is 1. The van der Waals surface area contributed by atoms with Crippen molar-refractivity contribution in [1.29, 1.82) is 0 Å². The molecule has 0 bridgehead atoms. The Bertz CT molecular complexity index is 1050. The fourth-order valence-electron chi connectivity index (χ4n) is 2.63. The largest absolute Gasteiger partial charge is 0.363 e. The molecule has 27 heavy (non-hydrogen) atoms. The van der Waals surface area contributed by atoms with Crippen LogP contribution in [0.4, 0.5) is 10.2 Å². The van der Waals surface area contributed by atoms with E-state index in [1.54, 1.807) is 32.2 Å². The molecule has 2 heterocycles. The van der Waals surface area contributed by atoms with E-state index in [1.165, 1.54) is 12.1 Å². The van der Waals surface area contributed by atoms with Crippen molar-refractivity contribution in [3.8, 4) is 11.4 Å². The number of halogens is 3. The summed E-state index contributed by atoms with van der Waals surface area (Å²) in [6.07, 6.45) is 1.59. The number of anilines is 1. The Morgan fingerprint density at radius 2 is 1.93 bits per heavy atom. The monoisotopic (exact) mass is 406 g/mol. The van der Waals surface area contributed by atoms with E-state index >= 15 is 0 Å². The second-order valence-electron chi connectivity index (χ2n) is 6.18. The maximum atomic E-state index is 13.7. The molecule has 0 aliphatic rings. The summed E-state index contributed by atoms with van der Waals surface area (Å²) in [5.41, 5.74) is 2.21. The number of aryl methyl sites for hydroxylation is 1. The fraction of sp³-hybridized carbons (Fsp3) is 0.211. The maximum absolute atomic E-state index is 13.7. The van der Waals surface area contributed by atoms with Crippen molar-refractivity contribution >= 4 is 29.0 Å². The van der Waals surface area contributed by atoms with Gasteiger partial charge in [-0.15, -0.1) is 0 Å². The molecule has 1 unspecified atom stereocenters. The summed E-state index contributed by atoms with van der Waals surface area (Å²) in [6, 6.07) is 5.85. The predicted molar refractivity (Wildman–Crippen MR) is 106 cm³/mol. The van der Waals surface area contributed by atoms with Crippen LogP contribution in [0.1, 0.15) is 29.8 Å². The van der Waals surface area contributed by atoms with Crippen LogP contribution >= 0.6 is 23.2 Å². The van der Waals surface area contributed by atoms with Crippen molar-refractivity contribution in [3.05, 3.63) is 73.5 Å². The Kier molecular flexibility index (Phi) is 5.48. The molecule has 0 amide bonds. The number of nitrogens with one attached hydrogen (secondary N) is 2. The van der Waals surface area contributed by atoms with Crippen LogP contribution in [0.5, 0.6) is 0 Å². The molecule has 1 aromatic carbocycles. The Hall–Kier alpha value is -2.44. The minimum Gasteiger partial charge on any atom is -0.363 e. The van der Waals surface area contributed by atoms with Crippen molar-refractivity contribution in [3.63, 3.8) is 0 Å². The topological polar surface area (TPSA) is 70.7 Å². The number of pyridine rings is 1. The molecule has 0 saturated carbocycles. The number of hydrogen-bond donors (Lipinski definition) is 2. The van der Waals surface area contributed by atoms with Crippen LogP contribution in [0.25, 0.3) is 11.4 Å². The Balaban J connectivity index is 1.85. The molecule has 2 aromatic heterocycles. The van der Waals surface area contributed by atoms with Crippen molar-refractivity contribution in [2.45, 2.75) is 26.8 Å². The lowest BCUT2D eigenvalue weighted by atomic mass is 10.1. The van der Waals surface area contributed by atoms with Gasteiger partial charge in [0.15, 0.2) is 0 Å². The molecule has 2 N–H and O–H groups in total. The third-order valence-electron chi connectivity index (χ3n) is 4.31. The first-order valence-corrected chi connectivity index (χ1v) is 8.97. The summed E-state index contributed by atoms with van der Waals surface area (Å²) >= 11 is 12.2. The van der Waals surface area contributed by atoms with E-state index in [4.69, 9.17) is 23.2 Å². The lowest BCUT2D eigenvalue weighted by Gasteiger charge is -2.18. The molecule has 140 valence electrons.